The zero-order valence-corrected chi connectivity index (χ0v) is 14.4. The highest BCUT2D eigenvalue weighted by Gasteiger charge is 2.19. The van der Waals surface area contributed by atoms with Gasteiger partial charge in [0.05, 0.1) is 5.56 Å². The first-order valence-corrected chi connectivity index (χ1v) is 8.07. The molecule has 7 nitrogen and oxygen atoms in total. The molecule has 132 valence electrons. The molecule has 0 saturated carbocycles. The van der Waals surface area contributed by atoms with Crippen molar-refractivity contribution in [1.29, 1.82) is 0 Å². The van der Waals surface area contributed by atoms with Crippen LogP contribution in [0.15, 0.2) is 55.0 Å². The first-order valence-electron chi connectivity index (χ1n) is 8.07. The molecule has 26 heavy (non-hydrogen) atoms. The van der Waals surface area contributed by atoms with E-state index >= 15 is 0 Å². The standard InChI is InChI=1S/C19H18N4O3/c1-12-7-8-20-16(11-12)23-18(24)13(2)26-19(25)15-5-3-14(4-6-15)17-21-9-10-22-17/h3-11,13H,1-2H3,(H,21,22)(H,20,23,24). The van der Waals surface area contributed by atoms with Crippen molar-refractivity contribution in [3.8, 4) is 11.4 Å². The van der Waals surface area contributed by atoms with Crippen LogP contribution >= 0.6 is 0 Å². The Hall–Kier alpha value is -3.48. The monoisotopic (exact) mass is 350 g/mol. The summed E-state index contributed by atoms with van der Waals surface area (Å²) in [6, 6.07) is 10.3. The lowest BCUT2D eigenvalue weighted by Crippen LogP contribution is -2.30. The average Bonchev–Trinajstić information content (AvgIpc) is 3.16. The number of nitrogens with zero attached hydrogens (tertiary/aromatic N) is 2. The minimum atomic E-state index is -0.949. The Morgan fingerprint density at radius 1 is 1.12 bits per heavy atom. The van der Waals surface area contributed by atoms with Crippen molar-refractivity contribution in [3.63, 3.8) is 0 Å². The van der Waals surface area contributed by atoms with Crippen molar-refractivity contribution in [1.82, 2.24) is 15.0 Å². The fourth-order valence-electron chi connectivity index (χ4n) is 2.30. The number of aromatic amines is 1. The molecule has 2 N–H and O–H groups in total. The first-order chi connectivity index (χ1) is 12.5. The van der Waals surface area contributed by atoms with E-state index in [9.17, 15) is 9.59 Å². The Bertz CT molecular complexity index is 905. The van der Waals surface area contributed by atoms with E-state index in [1.165, 1.54) is 6.92 Å². The van der Waals surface area contributed by atoms with Crippen LogP contribution in [0.25, 0.3) is 11.4 Å². The maximum Gasteiger partial charge on any atom is 0.338 e. The second-order valence-electron chi connectivity index (χ2n) is 5.77. The largest absolute Gasteiger partial charge is 0.449 e. The van der Waals surface area contributed by atoms with Gasteiger partial charge < -0.3 is 15.0 Å². The van der Waals surface area contributed by atoms with Crippen LogP contribution in [-0.2, 0) is 9.53 Å². The molecule has 0 fully saturated rings. The van der Waals surface area contributed by atoms with Gasteiger partial charge in [0.15, 0.2) is 6.10 Å². The molecule has 2 heterocycles. The summed E-state index contributed by atoms with van der Waals surface area (Å²) in [5, 5.41) is 2.63. The van der Waals surface area contributed by atoms with Crippen molar-refractivity contribution >= 4 is 17.7 Å². The molecule has 0 aliphatic heterocycles. The topological polar surface area (TPSA) is 97.0 Å². The Balaban J connectivity index is 1.60. The summed E-state index contributed by atoms with van der Waals surface area (Å²) >= 11 is 0. The van der Waals surface area contributed by atoms with E-state index in [2.05, 4.69) is 20.3 Å². The number of anilines is 1. The molecule has 0 spiro atoms. The Morgan fingerprint density at radius 3 is 2.54 bits per heavy atom. The predicted molar refractivity (Wildman–Crippen MR) is 96.5 cm³/mol. The highest BCUT2D eigenvalue weighted by molar-refractivity contribution is 5.97. The van der Waals surface area contributed by atoms with Gasteiger partial charge in [-0.3, -0.25) is 4.79 Å². The zero-order valence-electron chi connectivity index (χ0n) is 14.4. The van der Waals surface area contributed by atoms with Gasteiger partial charge in [-0.05, 0) is 43.7 Å². The van der Waals surface area contributed by atoms with Gasteiger partial charge in [-0.1, -0.05) is 12.1 Å². The molecule has 1 atom stereocenters. The summed E-state index contributed by atoms with van der Waals surface area (Å²) in [6.45, 7) is 3.41. The van der Waals surface area contributed by atoms with Crippen LogP contribution in [0.5, 0.6) is 0 Å². The normalized spacial score (nSPS) is 11.6. The van der Waals surface area contributed by atoms with E-state index in [0.29, 0.717) is 17.2 Å². The molecule has 7 heteroatoms. The lowest BCUT2D eigenvalue weighted by atomic mass is 10.1. The van der Waals surface area contributed by atoms with Crippen molar-refractivity contribution in [2.45, 2.75) is 20.0 Å². The number of esters is 1. The third kappa shape index (κ3) is 4.13. The summed E-state index contributed by atoms with van der Waals surface area (Å²) in [6.07, 6.45) is 4.03. The maximum absolute atomic E-state index is 12.2. The van der Waals surface area contributed by atoms with Gasteiger partial charge in [-0.25, -0.2) is 14.8 Å². The van der Waals surface area contributed by atoms with Crippen LogP contribution < -0.4 is 5.32 Å². The number of pyridine rings is 1. The van der Waals surface area contributed by atoms with E-state index in [4.69, 9.17) is 4.74 Å². The number of aryl methyl sites for hydroxylation is 1. The SMILES string of the molecule is Cc1ccnc(NC(=O)C(C)OC(=O)c2ccc(-c3ncc[nH]3)cc2)c1. The Kier molecular flexibility index (Phi) is 5.07. The number of rotatable bonds is 5. The highest BCUT2D eigenvalue weighted by Crippen LogP contribution is 2.16. The Morgan fingerprint density at radius 2 is 1.88 bits per heavy atom. The number of amides is 1. The molecule has 3 rings (SSSR count). The third-order valence-electron chi connectivity index (χ3n) is 3.71. The third-order valence-corrected chi connectivity index (χ3v) is 3.71. The van der Waals surface area contributed by atoms with Gasteiger partial charge in [0, 0.05) is 24.2 Å². The number of benzene rings is 1. The molecule has 0 bridgehead atoms. The summed E-state index contributed by atoms with van der Waals surface area (Å²) < 4.78 is 5.23. The van der Waals surface area contributed by atoms with Crippen molar-refractivity contribution in [2.24, 2.45) is 0 Å². The van der Waals surface area contributed by atoms with E-state index in [1.807, 2.05) is 13.0 Å². The minimum absolute atomic E-state index is 0.355. The quantitative estimate of drug-likeness (QED) is 0.690. The van der Waals surface area contributed by atoms with Crippen LogP contribution in [0.4, 0.5) is 5.82 Å². The highest BCUT2D eigenvalue weighted by atomic mass is 16.5. The van der Waals surface area contributed by atoms with Crippen LogP contribution in [0.2, 0.25) is 0 Å². The van der Waals surface area contributed by atoms with Gasteiger partial charge in [-0.2, -0.15) is 0 Å². The van der Waals surface area contributed by atoms with Crippen LogP contribution in [-0.4, -0.2) is 32.9 Å². The molecule has 1 amide bonds. The number of H-pyrrole nitrogens is 1. The summed E-state index contributed by atoms with van der Waals surface area (Å²) in [5.74, 6) is 0.114. The minimum Gasteiger partial charge on any atom is -0.449 e. The molecular formula is C19H18N4O3. The fraction of sp³-hybridized carbons (Fsp3) is 0.158. The van der Waals surface area contributed by atoms with E-state index in [0.717, 1.165) is 11.1 Å². The second kappa shape index (κ2) is 7.60. The van der Waals surface area contributed by atoms with Crippen LogP contribution in [0, 0.1) is 6.92 Å². The molecule has 2 aromatic heterocycles. The number of carbonyl (C=O) groups excluding carboxylic acids is 2. The van der Waals surface area contributed by atoms with Gasteiger partial charge in [0.25, 0.3) is 5.91 Å². The summed E-state index contributed by atoms with van der Waals surface area (Å²) in [7, 11) is 0. The van der Waals surface area contributed by atoms with Crippen LogP contribution in [0.1, 0.15) is 22.8 Å². The predicted octanol–water partition coefficient (Wildman–Crippen LogP) is 2.96. The first kappa shape index (κ1) is 17.3. The van der Waals surface area contributed by atoms with E-state index < -0.39 is 18.0 Å². The van der Waals surface area contributed by atoms with Crippen LogP contribution in [0.3, 0.4) is 0 Å². The van der Waals surface area contributed by atoms with Crippen molar-refractivity contribution in [2.75, 3.05) is 5.32 Å². The van der Waals surface area contributed by atoms with Gasteiger partial charge in [0.1, 0.15) is 11.6 Å². The summed E-state index contributed by atoms with van der Waals surface area (Å²) in [4.78, 5) is 35.6. The number of hydrogen-bond donors (Lipinski definition) is 2. The molecule has 0 aliphatic carbocycles. The summed E-state index contributed by atoms with van der Waals surface area (Å²) in [5.41, 5.74) is 2.17. The number of imidazole rings is 1. The lowest BCUT2D eigenvalue weighted by molar-refractivity contribution is -0.123. The molecule has 0 aliphatic rings. The van der Waals surface area contributed by atoms with Gasteiger partial charge >= 0.3 is 5.97 Å². The number of ether oxygens (including phenoxy) is 1. The number of carbonyl (C=O) groups is 2. The molecule has 1 aromatic carbocycles. The number of hydrogen-bond acceptors (Lipinski definition) is 5. The van der Waals surface area contributed by atoms with E-state index in [1.54, 1.807) is 48.9 Å². The van der Waals surface area contributed by atoms with Gasteiger partial charge in [0.2, 0.25) is 0 Å². The zero-order chi connectivity index (χ0) is 18.5. The molecule has 0 radical (unpaired) electrons. The van der Waals surface area contributed by atoms with Crippen molar-refractivity contribution < 1.29 is 14.3 Å². The number of nitrogens with one attached hydrogen (secondary N) is 2. The molecule has 3 aromatic rings. The second-order valence-corrected chi connectivity index (χ2v) is 5.77. The Labute approximate surface area is 150 Å². The smallest absolute Gasteiger partial charge is 0.338 e. The fourth-order valence-corrected chi connectivity index (χ4v) is 2.30. The van der Waals surface area contributed by atoms with Gasteiger partial charge in [-0.15, -0.1) is 0 Å². The maximum atomic E-state index is 12.2. The van der Waals surface area contributed by atoms with Crippen molar-refractivity contribution in [3.05, 3.63) is 66.1 Å². The average molecular weight is 350 g/mol. The molecule has 0 saturated heterocycles. The molecular weight excluding hydrogens is 332 g/mol. The number of aromatic nitrogens is 3. The molecule has 1 unspecified atom stereocenters. The van der Waals surface area contributed by atoms with E-state index in [-0.39, 0.29) is 0 Å². The lowest BCUT2D eigenvalue weighted by Gasteiger charge is -2.13.